The lowest BCUT2D eigenvalue weighted by molar-refractivity contribution is 0.109. The number of aliphatic imine (C=N–C) groups is 2. The van der Waals surface area contributed by atoms with Gasteiger partial charge in [-0.15, -0.1) is 0 Å². The molecule has 0 saturated carbocycles. The molecular formula is C40H36BrClFN7O5. The first kappa shape index (κ1) is 36.8. The zero-order valence-electron chi connectivity index (χ0n) is 30.1. The summed E-state index contributed by atoms with van der Waals surface area (Å²) in [4.78, 5) is 21.9. The van der Waals surface area contributed by atoms with Crippen molar-refractivity contribution in [3.05, 3.63) is 117 Å². The van der Waals surface area contributed by atoms with Crippen LogP contribution in [0.4, 0.5) is 4.39 Å². The van der Waals surface area contributed by atoms with Gasteiger partial charge in [-0.1, -0.05) is 54.4 Å². The maximum Gasteiger partial charge on any atom is 0.220 e. The zero-order chi connectivity index (χ0) is 38.5. The summed E-state index contributed by atoms with van der Waals surface area (Å²) in [6.45, 7) is 7.94. The van der Waals surface area contributed by atoms with E-state index >= 15 is 0 Å². The normalized spacial score (nSPS) is 20.6. The Hall–Kier alpha value is -5.15. The molecule has 12 nitrogen and oxygen atoms in total. The molecule has 0 fully saturated rings. The van der Waals surface area contributed by atoms with Crippen molar-refractivity contribution >= 4 is 39.2 Å². The van der Waals surface area contributed by atoms with E-state index in [1.54, 1.807) is 42.7 Å². The molecule has 2 atom stereocenters. The fourth-order valence-electron chi connectivity index (χ4n) is 6.95. The average molecular weight is 829 g/mol. The van der Waals surface area contributed by atoms with Gasteiger partial charge in [0, 0.05) is 44.6 Å². The topological polar surface area (TPSA) is 162 Å². The molecule has 0 aliphatic carbocycles. The number of nitrogens with two attached hydrogens (primary N) is 2. The second-order valence-electron chi connectivity index (χ2n) is 14.7. The molecule has 0 saturated heterocycles. The van der Waals surface area contributed by atoms with Gasteiger partial charge in [0.15, 0.2) is 11.5 Å². The number of halogens is 3. The first-order chi connectivity index (χ1) is 26.3. The van der Waals surface area contributed by atoms with E-state index in [4.69, 9.17) is 56.7 Å². The van der Waals surface area contributed by atoms with Gasteiger partial charge in [-0.05, 0) is 59.5 Å². The van der Waals surface area contributed by atoms with Crippen molar-refractivity contribution in [1.82, 2.24) is 15.0 Å². The standard InChI is InChI=1S/C25H25FN4O3.C15H11BrClN3O2/c1-24(2,3)13-32-22-10-18-20(11-29-22)33-19-7-6-15(16-5-4-8-28-23(16)26)9-17(19)25(18)14-31-12-21(27)30-25;16-8-1-2-11-9(3-8)15(7-21-6-14(18)20-15)10-4-13(17)19-5-12(10)22-11/h4-11H,12-14H2,1-3H3,(H2,27,30);1-5H,6-7H2,(H2,18,20)/t25-;15-/m00/s1. The third-order valence-corrected chi connectivity index (χ3v) is 10.0. The van der Waals surface area contributed by atoms with Crippen LogP contribution in [-0.4, -0.2) is 59.7 Å². The van der Waals surface area contributed by atoms with Crippen LogP contribution in [0.3, 0.4) is 0 Å². The summed E-state index contributed by atoms with van der Waals surface area (Å²) in [6.07, 6.45) is 4.65. The van der Waals surface area contributed by atoms with Gasteiger partial charge in [-0.3, -0.25) is 9.98 Å². The molecule has 2 spiro atoms. The number of aromatic nitrogens is 3. The van der Waals surface area contributed by atoms with Crippen molar-refractivity contribution in [2.75, 3.05) is 33.0 Å². The van der Waals surface area contributed by atoms with E-state index in [2.05, 4.69) is 51.7 Å². The van der Waals surface area contributed by atoms with Crippen LogP contribution in [-0.2, 0) is 20.6 Å². The fraction of sp³-hybridized carbons (Fsp3) is 0.275. The number of pyridine rings is 3. The van der Waals surface area contributed by atoms with Gasteiger partial charge in [0.1, 0.15) is 52.6 Å². The minimum absolute atomic E-state index is 0.0302. The Bertz CT molecular complexity index is 2340. The molecule has 0 unspecified atom stereocenters. The first-order valence-electron chi connectivity index (χ1n) is 17.4. The second kappa shape index (κ2) is 14.2. The molecule has 2 aromatic carbocycles. The lowest BCUT2D eigenvalue weighted by Crippen LogP contribution is -2.42. The molecule has 4 aliphatic heterocycles. The largest absolute Gasteiger partial charge is 0.477 e. The van der Waals surface area contributed by atoms with Crippen LogP contribution in [0.1, 0.15) is 43.0 Å². The number of ether oxygens (including phenoxy) is 5. The highest BCUT2D eigenvalue weighted by Gasteiger charge is 2.47. The van der Waals surface area contributed by atoms with Gasteiger partial charge in [0.25, 0.3) is 0 Å². The molecule has 0 amide bonds. The second-order valence-corrected chi connectivity index (χ2v) is 16.0. The van der Waals surface area contributed by atoms with Crippen molar-refractivity contribution in [3.8, 4) is 40.0 Å². The summed E-state index contributed by atoms with van der Waals surface area (Å²) in [5, 5.41) is 0.375. The minimum atomic E-state index is -0.970. The van der Waals surface area contributed by atoms with E-state index in [0.717, 1.165) is 26.7 Å². The van der Waals surface area contributed by atoms with E-state index in [0.29, 0.717) is 76.6 Å². The van der Waals surface area contributed by atoms with Crippen molar-refractivity contribution < 1.29 is 28.1 Å². The lowest BCUT2D eigenvalue weighted by atomic mass is 9.80. The predicted molar refractivity (Wildman–Crippen MR) is 209 cm³/mol. The van der Waals surface area contributed by atoms with Gasteiger partial charge in [-0.2, -0.15) is 4.39 Å². The van der Waals surface area contributed by atoms with E-state index < -0.39 is 17.0 Å². The van der Waals surface area contributed by atoms with Crippen LogP contribution in [0.5, 0.6) is 28.9 Å². The zero-order valence-corrected chi connectivity index (χ0v) is 32.4. The van der Waals surface area contributed by atoms with Gasteiger partial charge in [0.2, 0.25) is 11.8 Å². The number of hydrogen-bond acceptors (Lipinski definition) is 12. The van der Waals surface area contributed by atoms with Crippen LogP contribution in [0.15, 0.2) is 93.7 Å². The van der Waals surface area contributed by atoms with Gasteiger partial charge in [0.05, 0.1) is 32.2 Å². The molecule has 4 N–H and O–H groups in total. The highest BCUT2D eigenvalue weighted by atomic mass is 79.9. The maximum atomic E-state index is 14.4. The number of fused-ring (bicyclic) bond motifs is 8. The number of amidine groups is 2. The Balaban J connectivity index is 0.000000168. The van der Waals surface area contributed by atoms with Crippen LogP contribution in [0, 0.1) is 11.4 Å². The average Bonchev–Trinajstić information content (AvgIpc) is 3.15. The summed E-state index contributed by atoms with van der Waals surface area (Å²) in [5.41, 5.74) is 14.5. The Morgan fingerprint density at radius 3 is 2.02 bits per heavy atom. The smallest absolute Gasteiger partial charge is 0.220 e. The molecular weight excluding hydrogens is 793 g/mol. The molecule has 55 heavy (non-hydrogen) atoms. The molecule has 282 valence electrons. The lowest BCUT2D eigenvalue weighted by Gasteiger charge is -2.39. The number of nitrogens with zero attached hydrogens (tertiary/aromatic N) is 5. The summed E-state index contributed by atoms with van der Waals surface area (Å²) >= 11 is 9.57. The van der Waals surface area contributed by atoms with Crippen molar-refractivity contribution in [1.29, 1.82) is 0 Å². The third kappa shape index (κ3) is 6.99. The highest BCUT2D eigenvalue weighted by Crippen LogP contribution is 2.53. The molecule has 5 aromatic rings. The van der Waals surface area contributed by atoms with E-state index in [9.17, 15) is 4.39 Å². The predicted octanol–water partition coefficient (Wildman–Crippen LogP) is 7.68. The van der Waals surface area contributed by atoms with Gasteiger partial charge < -0.3 is 35.2 Å². The summed E-state index contributed by atoms with van der Waals surface area (Å²) in [5.74, 6) is 3.18. The summed E-state index contributed by atoms with van der Waals surface area (Å²) in [6, 6.07) is 18.2. The van der Waals surface area contributed by atoms with Crippen LogP contribution in [0.2, 0.25) is 5.15 Å². The van der Waals surface area contributed by atoms with E-state index in [1.165, 1.54) is 6.20 Å². The monoisotopic (exact) mass is 827 g/mol. The van der Waals surface area contributed by atoms with E-state index in [-0.39, 0.29) is 18.6 Å². The minimum Gasteiger partial charge on any atom is -0.477 e. The van der Waals surface area contributed by atoms with Crippen LogP contribution in [0.25, 0.3) is 11.1 Å². The fourth-order valence-corrected chi connectivity index (χ4v) is 7.47. The summed E-state index contributed by atoms with van der Waals surface area (Å²) < 4.78 is 45.0. The van der Waals surface area contributed by atoms with Crippen molar-refractivity contribution in [3.63, 3.8) is 0 Å². The SMILES string of the molecule is CC(C)(C)COc1cc2c(cn1)Oc1ccc(-c3cccnc3F)cc1[C@@]21COCC(N)=N1.NC1=N[C@@]2(COC1)c1cc(Br)ccc1Oc1cnc(Cl)cc12. The highest BCUT2D eigenvalue weighted by molar-refractivity contribution is 9.10. The summed E-state index contributed by atoms with van der Waals surface area (Å²) in [7, 11) is 0. The maximum absolute atomic E-state index is 14.4. The molecule has 4 aliphatic rings. The van der Waals surface area contributed by atoms with Crippen molar-refractivity contribution in [2.45, 2.75) is 31.8 Å². The first-order valence-corrected chi connectivity index (χ1v) is 18.6. The van der Waals surface area contributed by atoms with Crippen molar-refractivity contribution in [2.24, 2.45) is 26.9 Å². The molecule has 3 aromatic heterocycles. The number of rotatable bonds is 3. The Morgan fingerprint density at radius 2 is 1.38 bits per heavy atom. The Morgan fingerprint density at radius 1 is 0.782 bits per heavy atom. The number of benzene rings is 2. The third-order valence-electron chi connectivity index (χ3n) is 9.33. The quantitative estimate of drug-likeness (QED) is 0.173. The molecule has 0 radical (unpaired) electrons. The van der Waals surface area contributed by atoms with Gasteiger partial charge in [-0.25, -0.2) is 15.0 Å². The van der Waals surface area contributed by atoms with Crippen LogP contribution >= 0.6 is 27.5 Å². The number of hydrogen-bond donors (Lipinski definition) is 2. The molecule has 7 heterocycles. The Kier molecular flexibility index (Phi) is 9.48. The molecule has 9 rings (SSSR count). The molecule has 15 heteroatoms. The molecule has 0 bridgehead atoms. The van der Waals surface area contributed by atoms with Crippen LogP contribution < -0.4 is 25.7 Å². The van der Waals surface area contributed by atoms with Gasteiger partial charge >= 0.3 is 0 Å². The van der Waals surface area contributed by atoms with E-state index in [1.807, 2.05) is 30.3 Å². The Labute approximate surface area is 329 Å².